The summed E-state index contributed by atoms with van der Waals surface area (Å²) in [6.07, 6.45) is 4.43. The quantitative estimate of drug-likeness (QED) is 0.742. The first kappa shape index (κ1) is 15.0. The summed E-state index contributed by atoms with van der Waals surface area (Å²) in [5.74, 6) is 0.804. The molecule has 116 valence electrons. The van der Waals surface area contributed by atoms with E-state index in [0.717, 1.165) is 31.8 Å². The number of benzene rings is 1. The van der Waals surface area contributed by atoms with Gasteiger partial charge in [-0.15, -0.1) is 0 Å². The van der Waals surface area contributed by atoms with Crippen LogP contribution in [0.3, 0.4) is 0 Å². The second-order valence-corrected chi connectivity index (χ2v) is 6.67. The van der Waals surface area contributed by atoms with Crippen molar-refractivity contribution in [3.8, 4) is 0 Å². The molecule has 21 heavy (non-hydrogen) atoms. The van der Waals surface area contributed by atoms with Gasteiger partial charge in [0.2, 0.25) is 0 Å². The smallest absolute Gasteiger partial charge is 0.0894 e. The van der Waals surface area contributed by atoms with Gasteiger partial charge < -0.3 is 4.90 Å². The first-order valence-electron chi connectivity index (χ1n) is 8.41. The van der Waals surface area contributed by atoms with Crippen molar-refractivity contribution in [2.45, 2.75) is 38.3 Å². The van der Waals surface area contributed by atoms with Crippen molar-refractivity contribution in [3.63, 3.8) is 0 Å². The molecule has 0 aromatic heterocycles. The van der Waals surface area contributed by atoms with Gasteiger partial charge in [0.25, 0.3) is 0 Å². The van der Waals surface area contributed by atoms with Gasteiger partial charge in [-0.05, 0) is 43.7 Å². The summed E-state index contributed by atoms with van der Waals surface area (Å²) in [7, 11) is 0. The minimum atomic E-state index is -0.166. The molecule has 0 amide bonds. The van der Waals surface area contributed by atoms with Crippen LogP contribution in [0.4, 0.5) is 4.39 Å². The molecule has 3 aliphatic rings. The molecule has 0 radical (unpaired) electrons. The fraction of sp³-hybridized carbons (Fsp3) is 0.667. The fourth-order valence-electron chi connectivity index (χ4n) is 3.90. The van der Waals surface area contributed by atoms with Crippen molar-refractivity contribution in [2.24, 2.45) is 5.92 Å². The van der Waals surface area contributed by atoms with E-state index in [2.05, 4.69) is 40.1 Å². The van der Waals surface area contributed by atoms with E-state index in [9.17, 15) is 4.39 Å². The maximum absolute atomic E-state index is 12.3. The lowest BCUT2D eigenvalue weighted by molar-refractivity contribution is 0.123. The number of rotatable bonds is 6. The molecular weight excluding hydrogens is 263 g/mol. The Morgan fingerprint density at radius 3 is 2.67 bits per heavy atom. The average molecular weight is 290 g/mol. The molecule has 2 nitrogen and oxygen atoms in total. The van der Waals surface area contributed by atoms with Gasteiger partial charge in [-0.25, -0.2) is 0 Å². The van der Waals surface area contributed by atoms with Crippen LogP contribution in [0.25, 0.3) is 0 Å². The van der Waals surface area contributed by atoms with Crippen molar-refractivity contribution in [1.82, 2.24) is 9.80 Å². The zero-order valence-corrected chi connectivity index (χ0v) is 12.9. The highest BCUT2D eigenvalue weighted by Crippen LogP contribution is 2.29. The third kappa shape index (κ3) is 4.04. The van der Waals surface area contributed by atoms with Crippen molar-refractivity contribution >= 4 is 0 Å². The second kappa shape index (κ2) is 7.37. The lowest BCUT2D eigenvalue weighted by Crippen LogP contribution is -2.43. The number of nitrogens with zero attached hydrogens (tertiary/aromatic N) is 2. The van der Waals surface area contributed by atoms with Crippen LogP contribution in [0.5, 0.6) is 0 Å². The predicted octanol–water partition coefficient (Wildman–Crippen LogP) is 3.33. The van der Waals surface area contributed by atoms with Crippen LogP contribution in [0.1, 0.15) is 31.2 Å². The molecule has 2 atom stereocenters. The Kier molecular flexibility index (Phi) is 5.26. The SMILES string of the molecule is FCCCCN1C[C@H]2CC[C@@H](C1)N(Cc1ccccc1)C2. The highest BCUT2D eigenvalue weighted by atomic mass is 19.1. The molecule has 1 aromatic rings. The molecule has 0 unspecified atom stereocenters. The van der Waals surface area contributed by atoms with Gasteiger partial charge in [-0.3, -0.25) is 9.29 Å². The number of hydrogen-bond donors (Lipinski definition) is 0. The Balaban J connectivity index is 1.58. The Morgan fingerprint density at radius 2 is 1.86 bits per heavy atom. The minimum Gasteiger partial charge on any atom is -0.301 e. The average Bonchev–Trinajstić information content (AvgIpc) is 2.79. The van der Waals surface area contributed by atoms with E-state index in [1.165, 1.54) is 38.0 Å². The van der Waals surface area contributed by atoms with Gasteiger partial charge in [-0.1, -0.05) is 30.3 Å². The molecular formula is C18H27FN2. The number of fused-ring (bicyclic) bond motifs is 4. The number of hydrogen-bond acceptors (Lipinski definition) is 2. The lowest BCUT2D eigenvalue weighted by atomic mass is 9.94. The Bertz CT molecular complexity index is 422. The van der Waals surface area contributed by atoms with Crippen LogP contribution in [0.2, 0.25) is 0 Å². The van der Waals surface area contributed by atoms with Crippen LogP contribution in [-0.4, -0.2) is 48.7 Å². The minimum absolute atomic E-state index is 0.166. The number of piperidine rings is 1. The third-order valence-electron chi connectivity index (χ3n) is 4.99. The maximum atomic E-state index is 12.3. The standard InChI is InChI=1S/C18H27FN2/c19-10-4-5-11-20-12-17-8-9-18(15-20)21(14-17)13-16-6-2-1-3-7-16/h1-3,6-7,17-18H,4-5,8-15H2/t17-,18+/m1/s1. The molecule has 0 spiro atoms. The summed E-state index contributed by atoms with van der Waals surface area (Å²) in [5.41, 5.74) is 1.43. The van der Waals surface area contributed by atoms with Crippen molar-refractivity contribution < 1.29 is 4.39 Å². The maximum Gasteiger partial charge on any atom is 0.0894 e. The summed E-state index contributed by atoms with van der Waals surface area (Å²) in [5, 5.41) is 0. The summed E-state index contributed by atoms with van der Waals surface area (Å²) in [6.45, 7) is 5.63. The lowest BCUT2D eigenvalue weighted by Gasteiger charge is -2.36. The van der Waals surface area contributed by atoms with E-state index in [1.54, 1.807) is 0 Å². The third-order valence-corrected chi connectivity index (χ3v) is 4.99. The molecule has 3 heterocycles. The molecule has 1 aromatic carbocycles. The van der Waals surface area contributed by atoms with Crippen LogP contribution < -0.4 is 0 Å². The number of alkyl halides is 1. The van der Waals surface area contributed by atoms with E-state index in [4.69, 9.17) is 0 Å². The van der Waals surface area contributed by atoms with Gasteiger partial charge in [0.15, 0.2) is 0 Å². The van der Waals surface area contributed by atoms with Crippen LogP contribution in [0, 0.1) is 5.92 Å². The van der Waals surface area contributed by atoms with Crippen molar-refractivity contribution in [1.29, 1.82) is 0 Å². The van der Waals surface area contributed by atoms with E-state index < -0.39 is 0 Å². The Morgan fingerprint density at radius 1 is 1.00 bits per heavy atom. The highest BCUT2D eigenvalue weighted by Gasteiger charge is 2.34. The summed E-state index contributed by atoms with van der Waals surface area (Å²) in [6, 6.07) is 11.5. The van der Waals surface area contributed by atoms with Gasteiger partial charge in [0, 0.05) is 32.2 Å². The fourth-order valence-corrected chi connectivity index (χ4v) is 3.90. The van der Waals surface area contributed by atoms with Crippen LogP contribution in [0.15, 0.2) is 30.3 Å². The Labute approximate surface area is 127 Å². The zero-order valence-electron chi connectivity index (χ0n) is 12.9. The van der Waals surface area contributed by atoms with Gasteiger partial charge in [-0.2, -0.15) is 0 Å². The summed E-state index contributed by atoms with van der Waals surface area (Å²) in [4.78, 5) is 5.27. The van der Waals surface area contributed by atoms with E-state index in [0.29, 0.717) is 6.04 Å². The summed E-state index contributed by atoms with van der Waals surface area (Å²) >= 11 is 0. The molecule has 0 aliphatic carbocycles. The van der Waals surface area contributed by atoms with Gasteiger partial charge in [0.05, 0.1) is 6.67 Å². The van der Waals surface area contributed by atoms with Gasteiger partial charge >= 0.3 is 0 Å². The first-order valence-corrected chi connectivity index (χ1v) is 8.41. The van der Waals surface area contributed by atoms with Gasteiger partial charge in [0.1, 0.15) is 0 Å². The van der Waals surface area contributed by atoms with Crippen molar-refractivity contribution in [2.75, 3.05) is 32.9 Å². The molecule has 3 aliphatic heterocycles. The number of halogens is 1. The Hall–Kier alpha value is -0.930. The second-order valence-electron chi connectivity index (χ2n) is 6.67. The summed E-state index contributed by atoms with van der Waals surface area (Å²) < 4.78 is 12.3. The highest BCUT2D eigenvalue weighted by molar-refractivity contribution is 5.15. The zero-order chi connectivity index (χ0) is 14.5. The van der Waals surface area contributed by atoms with Crippen molar-refractivity contribution in [3.05, 3.63) is 35.9 Å². The molecule has 4 rings (SSSR count). The largest absolute Gasteiger partial charge is 0.301 e. The predicted molar refractivity (Wildman–Crippen MR) is 85.0 cm³/mol. The molecule has 0 N–H and O–H groups in total. The van der Waals surface area contributed by atoms with E-state index in [-0.39, 0.29) is 6.67 Å². The van der Waals surface area contributed by atoms with Crippen LogP contribution in [-0.2, 0) is 6.54 Å². The molecule has 0 saturated carbocycles. The topological polar surface area (TPSA) is 6.48 Å². The number of unbranched alkanes of at least 4 members (excludes halogenated alkanes) is 1. The monoisotopic (exact) mass is 290 g/mol. The normalized spacial score (nSPS) is 26.9. The van der Waals surface area contributed by atoms with E-state index >= 15 is 0 Å². The first-order chi connectivity index (χ1) is 10.3. The van der Waals surface area contributed by atoms with Crippen LogP contribution >= 0.6 is 0 Å². The molecule has 3 saturated heterocycles. The molecule has 2 bridgehead atoms. The van der Waals surface area contributed by atoms with E-state index in [1.807, 2.05) is 0 Å². The molecule has 3 fully saturated rings. The molecule has 3 heteroatoms.